The van der Waals surface area contributed by atoms with Crippen LogP contribution in [0.4, 0.5) is 10.1 Å². The SMILES string of the molecule is CC(=O)NC(=O)c1cc2cc(Br)ccc2oc1=Nc1cccc(F)c1. The van der Waals surface area contributed by atoms with Gasteiger partial charge in [0, 0.05) is 16.8 Å². The summed E-state index contributed by atoms with van der Waals surface area (Å²) in [6.45, 7) is 1.23. The fourth-order valence-electron chi connectivity index (χ4n) is 2.24. The highest BCUT2D eigenvalue weighted by Gasteiger charge is 2.14. The molecule has 2 amide bonds. The minimum absolute atomic E-state index is 0.0147. The highest BCUT2D eigenvalue weighted by atomic mass is 79.9. The fourth-order valence-corrected chi connectivity index (χ4v) is 2.62. The van der Waals surface area contributed by atoms with Crippen LogP contribution < -0.4 is 10.9 Å². The molecule has 126 valence electrons. The van der Waals surface area contributed by atoms with Gasteiger partial charge in [-0.3, -0.25) is 14.9 Å². The molecule has 0 aliphatic heterocycles. The van der Waals surface area contributed by atoms with Crippen LogP contribution in [0.3, 0.4) is 0 Å². The Morgan fingerprint density at radius 1 is 1.16 bits per heavy atom. The van der Waals surface area contributed by atoms with Crippen LogP contribution in [0, 0.1) is 5.82 Å². The predicted molar refractivity (Wildman–Crippen MR) is 93.7 cm³/mol. The normalized spacial score (nSPS) is 11.6. The van der Waals surface area contributed by atoms with E-state index >= 15 is 0 Å². The van der Waals surface area contributed by atoms with Crippen molar-refractivity contribution in [2.45, 2.75) is 6.92 Å². The van der Waals surface area contributed by atoms with Gasteiger partial charge in [-0.1, -0.05) is 22.0 Å². The summed E-state index contributed by atoms with van der Waals surface area (Å²) in [7, 11) is 0. The molecule has 0 atom stereocenters. The zero-order valence-corrected chi connectivity index (χ0v) is 14.6. The second kappa shape index (κ2) is 6.98. The molecule has 3 aromatic rings. The van der Waals surface area contributed by atoms with E-state index < -0.39 is 17.6 Å². The second-order valence-corrected chi connectivity index (χ2v) is 6.17. The zero-order valence-electron chi connectivity index (χ0n) is 13.0. The second-order valence-electron chi connectivity index (χ2n) is 5.25. The van der Waals surface area contributed by atoms with Crippen LogP contribution in [-0.4, -0.2) is 11.8 Å². The van der Waals surface area contributed by atoms with Crippen molar-refractivity contribution in [1.29, 1.82) is 0 Å². The van der Waals surface area contributed by atoms with E-state index in [4.69, 9.17) is 4.42 Å². The van der Waals surface area contributed by atoms with E-state index in [1.807, 2.05) is 0 Å². The van der Waals surface area contributed by atoms with Gasteiger partial charge in [0.05, 0.1) is 5.69 Å². The van der Waals surface area contributed by atoms with Gasteiger partial charge in [0.1, 0.15) is 17.0 Å². The third-order valence-corrected chi connectivity index (χ3v) is 3.77. The quantitative estimate of drug-likeness (QED) is 0.707. The monoisotopic (exact) mass is 402 g/mol. The molecule has 0 saturated carbocycles. The third-order valence-electron chi connectivity index (χ3n) is 3.28. The first-order chi connectivity index (χ1) is 11.9. The first-order valence-corrected chi connectivity index (χ1v) is 8.07. The van der Waals surface area contributed by atoms with Gasteiger partial charge in [0.2, 0.25) is 11.5 Å². The number of imide groups is 1. The van der Waals surface area contributed by atoms with Crippen molar-refractivity contribution in [2.75, 3.05) is 0 Å². The van der Waals surface area contributed by atoms with Crippen LogP contribution in [0.2, 0.25) is 0 Å². The van der Waals surface area contributed by atoms with Crippen LogP contribution >= 0.6 is 15.9 Å². The van der Waals surface area contributed by atoms with Crippen molar-refractivity contribution in [3.8, 4) is 0 Å². The molecule has 1 aromatic heterocycles. The molecular formula is C18H12BrFN2O3. The summed E-state index contributed by atoms with van der Waals surface area (Å²) in [4.78, 5) is 27.7. The van der Waals surface area contributed by atoms with Gasteiger partial charge in [-0.15, -0.1) is 0 Å². The summed E-state index contributed by atoms with van der Waals surface area (Å²) in [5, 5.41) is 2.85. The lowest BCUT2D eigenvalue weighted by Gasteiger charge is -2.05. The largest absolute Gasteiger partial charge is 0.438 e. The van der Waals surface area contributed by atoms with E-state index in [0.29, 0.717) is 11.0 Å². The van der Waals surface area contributed by atoms with Gasteiger partial charge in [0.25, 0.3) is 5.91 Å². The van der Waals surface area contributed by atoms with E-state index in [-0.39, 0.29) is 16.8 Å². The van der Waals surface area contributed by atoms with Crippen LogP contribution in [0.15, 0.2) is 62.4 Å². The number of nitrogens with one attached hydrogen (secondary N) is 1. The first-order valence-electron chi connectivity index (χ1n) is 7.28. The van der Waals surface area contributed by atoms with Gasteiger partial charge >= 0.3 is 0 Å². The predicted octanol–water partition coefficient (Wildman–Crippen LogP) is 3.84. The average molecular weight is 403 g/mol. The summed E-state index contributed by atoms with van der Waals surface area (Å²) in [6, 6.07) is 12.4. The smallest absolute Gasteiger partial charge is 0.263 e. The molecule has 2 aromatic carbocycles. The standard InChI is InChI=1S/C18H12BrFN2O3/c1-10(23)21-17(24)15-8-11-7-12(19)5-6-16(11)25-18(15)22-14-4-2-3-13(20)9-14/h2-9H,1H3,(H,21,23,24). The molecule has 0 aliphatic rings. The van der Waals surface area contributed by atoms with Crippen LogP contribution in [0.5, 0.6) is 0 Å². The summed E-state index contributed by atoms with van der Waals surface area (Å²) in [5.74, 6) is -1.61. The molecule has 0 bridgehead atoms. The van der Waals surface area contributed by atoms with Crippen LogP contribution in [-0.2, 0) is 4.79 Å². The summed E-state index contributed by atoms with van der Waals surface area (Å²) < 4.78 is 19.9. The Bertz CT molecular complexity index is 1060. The fraction of sp³-hybridized carbons (Fsp3) is 0.0556. The number of rotatable bonds is 2. The van der Waals surface area contributed by atoms with E-state index in [1.54, 1.807) is 30.3 Å². The van der Waals surface area contributed by atoms with Crippen molar-refractivity contribution in [1.82, 2.24) is 5.32 Å². The van der Waals surface area contributed by atoms with Crippen LogP contribution in [0.25, 0.3) is 11.0 Å². The Morgan fingerprint density at radius 3 is 2.68 bits per heavy atom. The number of halogens is 2. The number of nitrogens with zero attached hydrogens (tertiary/aromatic N) is 1. The number of fused-ring (bicyclic) bond motifs is 1. The number of hydrogen-bond acceptors (Lipinski definition) is 4. The van der Waals surface area contributed by atoms with E-state index in [9.17, 15) is 14.0 Å². The van der Waals surface area contributed by atoms with Crippen molar-refractivity contribution in [2.24, 2.45) is 4.99 Å². The highest BCUT2D eigenvalue weighted by Crippen LogP contribution is 2.20. The number of benzene rings is 2. The van der Waals surface area contributed by atoms with Crippen LogP contribution in [0.1, 0.15) is 17.3 Å². The Balaban J connectivity index is 2.25. The van der Waals surface area contributed by atoms with Gasteiger partial charge < -0.3 is 4.42 Å². The molecule has 25 heavy (non-hydrogen) atoms. The first kappa shape index (κ1) is 17.0. The number of hydrogen-bond donors (Lipinski definition) is 1. The topological polar surface area (TPSA) is 71.7 Å². The van der Waals surface area contributed by atoms with E-state index in [1.165, 1.54) is 25.1 Å². The molecule has 0 spiro atoms. The Morgan fingerprint density at radius 2 is 1.96 bits per heavy atom. The molecular weight excluding hydrogens is 391 g/mol. The van der Waals surface area contributed by atoms with Crippen molar-refractivity contribution in [3.63, 3.8) is 0 Å². The molecule has 0 fully saturated rings. The number of carbonyl (C=O) groups is 2. The minimum Gasteiger partial charge on any atom is -0.438 e. The number of amides is 2. The lowest BCUT2D eigenvalue weighted by molar-refractivity contribution is -0.118. The third kappa shape index (κ3) is 4.00. The molecule has 0 unspecified atom stereocenters. The molecule has 1 N–H and O–H groups in total. The molecule has 3 rings (SSSR count). The van der Waals surface area contributed by atoms with Crippen molar-refractivity contribution in [3.05, 3.63) is 69.9 Å². The molecule has 0 radical (unpaired) electrons. The van der Waals surface area contributed by atoms with Gasteiger partial charge in [-0.25, -0.2) is 9.38 Å². The molecule has 0 aliphatic carbocycles. The Kier molecular flexibility index (Phi) is 4.76. The van der Waals surface area contributed by atoms with Gasteiger partial charge in [0.15, 0.2) is 0 Å². The Labute approximate surface area is 150 Å². The molecule has 1 heterocycles. The van der Waals surface area contributed by atoms with Crippen molar-refractivity contribution >= 4 is 44.4 Å². The summed E-state index contributed by atoms with van der Waals surface area (Å²) in [5.41, 5.74) is 0.846. The summed E-state index contributed by atoms with van der Waals surface area (Å²) >= 11 is 3.35. The number of carbonyl (C=O) groups excluding carboxylic acids is 2. The molecule has 5 nitrogen and oxygen atoms in total. The maximum absolute atomic E-state index is 13.4. The van der Waals surface area contributed by atoms with Gasteiger partial charge in [-0.2, -0.15) is 0 Å². The van der Waals surface area contributed by atoms with E-state index in [0.717, 1.165) is 4.47 Å². The minimum atomic E-state index is -0.645. The lowest BCUT2D eigenvalue weighted by atomic mass is 10.1. The van der Waals surface area contributed by atoms with Crippen molar-refractivity contribution < 1.29 is 18.4 Å². The maximum atomic E-state index is 13.4. The Hall–Kier alpha value is -2.80. The van der Waals surface area contributed by atoms with Gasteiger partial charge in [-0.05, 0) is 42.5 Å². The average Bonchev–Trinajstić information content (AvgIpc) is 2.54. The molecule has 7 heteroatoms. The molecule has 0 saturated heterocycles. The lowest BCUT2D eigenvalue weighted by Crippen LogP contribution is -2.32. The summed E-state index contributed by atoms with van der Waals surface area (Å²) in [6.07, 6.45) is 0. The van der Waals surface area contributed by atoms with E-state index in [2.05, 4.69) is 26.2 Å². The highest BCUT2D eigenvalue weighted by molar-refractivity contribution is 9.10. The maximum Gasteiger partial charge on any atom is 0.263 e. The zero-order chi connectivity index (χ0) is 18.0.